The minimum absolute atomic E-state index is 0.0483. The van der Waals surface area contributed by atoms with Gasteiger partial charge >= 0.3 is 0 Å². The standard InChI is InChI=1S/C34H42F2N6O2/c1-24-25-8-7-9-27(20-25)34(35,36)26-10-16-41(17-11-26)14-5-3-2-4-6-15-42-31-28(30(40-24)38-23-39-31)21-29(32(42)43)33(22-37)12-18-44-19-13-33/h7-9,20-21,23-24,26H,2-6,10-19H2,1H3,(H,38,39,40)/t24-/m0/s1. The number of hydrogen-bond donors (Lipinski definition) is 1. The molecule has 0 spiro atoms. The van der Waals surface area contributed by atoms with Gasteiger partial charge in [-0.25, -0.2) is 18.7 Å². The van der Waals surface area contributed by atoms with Gasteiger partial charge in [-0.05, 0) is 82.8 Å². The Morgan fingerprint density at radius 2 is 1.73 bits per heavy atom. The van der Waals surface area contributed by atoms with Crippen LogP contribution in [-0.2, 0) is 22.6 Å². The van der Waals surface area contributed by atoms with Crippen molar-refractivity contribution in [2.45, 2.75) is 88.6 Å². The first-order chi connectivity index (χ1) is 21.3. The molecule has 3 aromatic rings. The molecule has 0 unspecified atom stereocenters. The van der Waals surface area contributed by atoms with E-state index in [9.17, 15) is 10.1 Å². The van der Waals surface area contributed by atoms with E-state index in [0.29, 0.717) is 80.9 Å². The van der Waals surface area contributed by atoms with Crippen LogP contribution in [-0.4, -0.2) is 52.3 Å². The molecule has 1 aromatic carbocycles. The summed E-state index contributed by atoms with van der Waals surface area (Å²) in [4.78, 5) is 25.5. The number of piperidine rings is 1. The van der Waals surface area contributed by atoms with Crippen molar-refractivity contribution >= 4 is 16.9 Å². The van der Waals surface area contributed by atoms with E-state index in [4.69, 9.17) is 4.74 Å². The molecule has 2 fully saturated rings. The van der Waals surface area contributed by atoms with Crippen LogP contribution in [0.3, 0.4) is 0 Å². The molecule has 10 heteroatoms. The Hall–Kier alpha value is -3.42. The molecule has 7 rings (SSSR count). The van der Waals surface area contributed by atoms with E-state index >= 15 is 8.78 Å². The SMILES string of the molecule is C[C@@H]1Nc2ncnc3c2cc(C2(C#N)CCOCC2)c(=O)n3CCCCCCCN2CCC(CC2)C(F)(F)c2cccc1c2. The van der Waals surface area contributed by atoms with Crippen molar-refractivity contribution in [3.8, 4) is 6.07 Å². The summed E-state index contributed by atoms with van der Waals surface area (Å²) in [5.41, 5.74) is 0.599. The predicted molar refractivity (Wildman–Crippen MR) is 166 cm³/mol. The number of hydrogen-bond acceptors (Lipinski definition) is 7. The zero-order valence-electron chi connectivity index (χ0n) is 25.5. The summed E-state index contributed by atoms with van der Waals surface area (Å²) >= 11 is 0. The van der Waals surface area contributed by atoms with Gasteiger partial charge < -0.3 is 15.0 Å². The Balaban J connectivity index is 1.42. The number of aryl methyl sites for hydroxylation is 1. The van der Waals surface area contributed by atoms with Crippen LogP contribution in [0.25, 0.3) is 11.0 Å². The van der Waals surface area contributed by atoms with Crippen molar-refractivity contribution in [1.29, 1.82) is 5.26 Å². The summed E-state index contributed by atoms with van der Waals surface area (Å²) in [7, 11) is 0. The van der Waals surface area contributed by atoms with E-state index in [1.54, 1.807) is 28.8 Å². The Morgan fingerprint density at radius 3 is 2.48 bits per heavy atom. The molecule has 0 amide bonds. The first-order valence-corrected chi connectivity index (χ1v) is 16.2. The molecule has 8 bridgehead atoms. The average molecular weight is 605 g/mol. The molecule has 2 aromatic heterocycles. The Kier molecular flexibility index (Phi) is 8.97. The van der Waals surface area contributed by atoms with Crippen molar-refractivity contribution in [3.63, 3.8) is 0 Å². The second kappa shape index (κ2) is 12.9. The van der Waals surface area contributed by atoms with Gasteiger partial charge in [0, 0.05) is 42.8 Å². The van der Waals surface area contributed by atoms with Gasteiger partial charge in [-0.3, -0.25) is 9.36 Å². The summed E-state index contributed by atoms with van der Waals surface area (Å²) in [6, 6.07) is 10.6. The fraction of sp³-hybridized carbons (Fsp3) is 0.588. The third-order valence-electron chi connectivity index (χ3n) is 10.0. The van der Waals surface area contributed by atoms with Gasteiger partial charge in [0.15, 0.2) is 0 Å². The fourth-order valence-electron chi connectivity index (χ4n) is 7.20. The molecule has 2 saturated heterocycles. The number of benzene rings is 1. The van der Waals surface area contributed by atoms with Crippen LogP contribution in [0.1, 0.15) is 87.4 Å². The van der Waals surface area contributed by atoms with Gasteiger partial charge in [0.1, 0.15) is 17.8 Å². The molecule has 6 heterocycles. The van der Waals surface area contributed by atoms with E-state index in [2.05, 4.69) is 26.3 Å². The number of fused-ring (bicyclic) bond motifs is 9. The lowest BCUT2D eigenvalue weighted by Crippen LogP contribution is -2.40. The van der Waals surface area contributed by atoms with Crippen LogP contribution in [0.2, 0.25) is 0 Å². The number of alkyl halides is 2. The molecule has 234 valence electrons. The van der Waals surface area contributed by atoms with E-state index in [1.165, 1.54) is 6.33 Å². The molecule has 0 saturated carbocycles. The summed E-state index contributed by atoms with van der Waals surface area (Å²) < 4.78 is 39.0. The van der Waals surface area contributed by atoms with Gasteiger partial charge in [0.25, 0.3) is 11.5 Å². The molecule has 0 radical (unpaired) electrons. The predicted octanol–water partition coefficient (Wildman–Crippen LogP) is 6.30. The fourth-order valence-corrected chi connectivity index (χ4v) is 7.20. The summed E-state index contributed by atoms with van der Waals surface area (Å²) in [5.74, 6) is -3.08. The molecular formula is C34H42F2N6O2. The van der Waals surface area contributed by atoms with Crippen molar-refractivity contribution in [2.24, 2.45) is 5.92 Å². The maximum atomic E-state index is 15.9. The third kappa shape index (κ3) is 5.96. The molecule has 0 aliphatic carbocycles. The number of anilines is 1. The van der Waals surface area contributed by atoms with Crippen molar-refractivity contribution < 1.29 is 13.5 Å². The van der Waals surface area contributed by atoms with Crippen LogP contribution in [0.5, 0.6) is 0 Å². The largest absolute Gasteiger partial charge is 0.381 e. The number of nitrogens with zero attached hydrogens (tertiary/aromatic N) is 5. The molecule has 4 aliphatic heterocycles. The second-order valence-corrected chi connectivity index (χ2v) is 12.8. The first-order valence-electron chi connectivity index (χ1n) is 16.2. The maximum absolute atomic E-state index is 15.9. The highest BCUT2D eigenvalue weighted by molar-refractivity contribution is 5.87. The number of nitriles is 1. The molecule has 1 atom stereocenters. The number of aromatic nitrogens is 3. The van der Waals surface area contributed by atoms with Crippen LogP contribution in [0.15, 0.2) is 41.5 Å². The van der Waals surface area contributed by atoms with Gasteiger partial charge in [-0.15, -0.1) is 0 Å². The van der Waals surface area contributed by atoms with Crippen LogP contribution in [0, 0.1) is 17.2 Å². The minimum Gasteiger partial charge on any atom is -0.381 e. The summed E-state index contributed by atoms with van der Waals surface area (Å²) in [5, 5.41) is 14.4. The molecule has 4 aliphatic rings. The molecule has 44 heavy (non-hydrogen) atoms. The average Bonchev–Trinajstić information content (AvgIpc) is 3.05. The molecule has 8 nitrogen and oxygen atoms in total. The van der Waals surface area contributed by atoms with Crippen molar-refractivity contribution in [3.05, 3.63) is 63.7 Å². The zero-order valence-corrected chi connectivity index (χ0v) is 25.5. The van der Waals surface area contributed by atoms with Gasteiger partial charge in [-0.1, -0.05) is 37.5 Å². The molecular weight excluding hydrogens is 562 g/mol. The van der Waals surface area contributed by atoms with E-state index in [0.717, 1.165) is 44.2 Å². The first kappa shape index (κ1) is 30.6. The van der Waals surface area contributed by atoms with Crippen LogP contribution >= 0.6 is 0 Å². The van der Waals surface area contributed by atoms with Crippen LogP contribution < -0.4 is 10.9 Å². The lowest BCUT2D eigenvalue weighted by Gasteiger charge is -2.36. The highest BCUT2D eigenvalue weighted by Gasteiger charge is 2.43. The number of pyridine rings is 1. The zero-order chi connectivity index (χ0) is 30.7. The third-order valence-corrected chi connectivity index (χ3v) is 10.0. The lowest BCUT2D eigenvalue weighted by atomic mass is 9.75. The topological polar surface area (TPSA) is 96.1 Å². The molecule has 1 N–H and O–H groups in total. The van der Waals surface area contributed by atoms with E-state index in [-0.39, 0.29) is 17.2 Å². The summed E-state index contributed by atoms with van der Waals surface area (Å²) in [6.45, 7) is 5.59. The normalized spacial score (nSPS) is 25.9. The van der Waals surface area contributed by atoms with Gasteiger partial charge in [0.2, 0.25) is 0 Å². The Labute approximate surface area is 257 Å². The lowest BCUT2D eigenvalue weighted by molar-refractivity contribution is -0.0855. The van der Waals surface area contributed by atoms with E-state index < -0.39 is 17.3 Å². The number of rotatable bonds is 1. The van der Waals surface area contributed by atoms with Gasteiger partial charge in [0.05, 0.1) is 16.9 Å². The van der Waals surface area contributed by atoms with Crippen molar-refractivity contribution in [1.82, 2.24) is 19.4 Å². The number of halogens is 2. The summed E-state index contributed by atoms with van der Waals surface area (Å²) in [6.07, 6.45) is 8.22. The second-order valence-electron chi connectivity index (χ2n) is 12.8. The highest BCUT2D eigenvalue weighted by Crippen LogP contribution is 2.42. The Bertz CT molecular complexity index is 1570. The monoisotopic (exact) mass is 604 g/mol. The smallest absolute Gasteiger partial charge is 0.276 e. The van der Waals surface area contributed by atoms with Crippen molar-refractivity contribution in [2.75, 3.05) is 38.2 Å². The maximum Gasteiger partial charge on any atom is 0.276 e. The Morgan fingerprint density at radius 1 is 1.00 bits per heavy atom. The van der Waals surface area contributed by atoms with Crippen LogP contribution in [0.4, 0.5) is 14.6 Å². The minimum atomic E-state index is -2.91. The van der Waals surface area contributed by atoms with Gasteiger partial charge in [-0.2, -0.15) is 5.26 Å². The quantitative estimate of drug-likeness (QED) is 0.348. The number of ether oxygens (including phenoxy) is 1. The number of nitrogens with one attached hydrogen (secondary N) is 1. The highest BCUT2D eigenvalue weighted by atomic mass is 19.3. The van der Waals surface area contributed by atoms with E-state index in [1.807, 2.05) is 13.0 Å².